The van der Waals surface area contributed by atoms with Gasteiger partial charge in [0.25, 0.3) is 11.8 Å². The number of fused-ring (bicyclic) bond motifs is 1. The van der Waals surface area contributed by atoms with Crippen LogP contribution in [0.1, 0.15) is 47.8 Å². The molecule has 3 N–H and O–H groups in total. The van der Waals surface area contributed by atoms with Crippen molar-refractivity contribution in [3.63, 3.8) is 0 Å². The van der Waals surface area contributed by atoms with Crippen molar-refractivity contribution in [3.05, 3.63) is 120 Å². The number of carbonyl (C=O) groups excluding carboxylic acids is 2. The molecule has 1 unspecified atom stereocenters. The lowest BCUT2D eigenvalue weighted by atomic mass is 9.99. The highest BCUT2D eigenvalue weighted by molar-refractivity contribution is 5.96. The average Bonchev–Trinajstić information content (AvgIpc) is 2.89. The van der Waals surface area contributed by atoms with Gasteiger partial charge in [-0.05, 0) is 46.9 Å². The predicted octanol–water partition coefficient (Wildman–Crippen LogP) is 5.57. The van der Waals surface area contributed by atoms with Gasteiger partial charge in [0.2, 0.25) is 0 Å². The van der Waals surface area contributed by atoms with Gasteiger partial charge in [-0.3, -0.25) is 9.59 Å². The summed E-state index contributed by atoms with van der Waals surface area (Å²) >= 11 is 0. The lowest BCUT2D eigenvalue weighted by Crippen LogP contribution is -2.33. The summed E-state index contributed by atoms with van der Waals surface area (Å²) < 4.78 is 0. The molecule has 35 heavy (non-hydrogen) atoms. The standard InChI is InChI=1S/C30H33N3O2/c1-5-12-23(6-2)19-32-29(34)22(4)31-20-25-14-8-10-17-28(25)30(35)33-21(3)26-18-11-15-24-13-7-9-16-27(24)26/h6-18,21,31H,2,4-5,19-20H2,1,3H3,(H,32,34)(H,33,35)/b23-12+. The van der Waals surface area contributed by atoms with Crippen molar-refractivity contribution in [2.75, 3.05) is 6.54 Å². The number of carbonyl (C=O) groups is 2. The van der Waals surface area contributed by atoms with Gasteiger partial charge in [0, 0.05) is 18.7 Å². The Labute approximate surface area is 207 Å². The summed E-state index contributed by atoms with van der Waals surface area (Å²) in [6, 6.07) is 21.4. The number of hydrogen-bond acceptors (Lipinski definition) is 3. The van der Waals surface area contributed by atoms with Gasteiger partial charge < -0.3 is 16.0 Å². The molecule has 0 saturated heterocycles. The molecule has 0 heterocycles. The molecule has 0 aliphatic rings. The van der Waals surface area contributed by atoms with Crippen molar-refractivity contribution in [1.82, 2.24) is 16.0 Å². The van der Waals surface area contributed by atoms with Crippen LogP contribution in [0.4, 0.5) is 0 Å². The van der Waals surface area contributed by atoms with E-state index in [1.807, 2.05) is 62.4 Å². The molecule has 180 valence electrons. The minimum absolute atomic E-state index is 0.168. The molecule has 0 spiro atoms. The maximum atomic E-state index is 13.2. The van der Waals surface area contributed by atoms with Gasteiger partial charge in [-0.2, -0.15) is 0 Å². The molecule has 0 saturated carbocycles. The molecule has 0 aromatic heterocycles. The monoisotopic (exact) mass is 467 g/mol. The minimum atomic E-state index is -0.291. The third-order valence-electron chi connectivity index (χ3n) is 5.85. The van der Waals surface area contributed by atoms with Crippen molar-refractivity contribution in [2.45, 2.75) is 32.9 Å². The van der Waals surface area contributed by atoms with Gasteiger partial charge in [0.15, 0.2) is 0 Å². The van der Waals surface area contributed by atoms with E-state index >= 15 is 0 Å². The van der Waals surface area contributed by atoms with Gasteiger partial charge in [-0.25, -0.2) is 0 Å². The molecule has 5 heteroatoms. The summed E-state index contributed by atoms with van der Waals surface area (Å²) in [6.45, 7) is 12.3. The first-order valence-corrected chi connectivity index (χ1v) is 11.8. The first-order chi connectivity index (χ1) is 16.9. The third-order valence-corrected chi connectivity index (χ3v) is 5.85. The van der Waals surface area contributed by atoms with Crippen LogP contribution in [0.2, 0.25) is 0 Å². The molecular formula is C30H33N3O2. The zero-order valence-electron chi connectivity index (χ0n) is 20.4. The van der Waals surface area contributed by atoms with Crippen LogP contribution >= 0.6 is 0 Å². The molecule has 3 rings (SSSR count). The van der Waals surface area contributed by atoms with Crippen molar-refractivity contribution in [2.24, 2.45) is 0 Å². The molecule has 5 nitrogen and oxygen atoms in total. The van der Waals surface area contributed by atoms with Crippen molar-refractivity contribution in [1.29, 1.82) is 0 Å². The van der Waals surface area contributed by atoms with Crippen LogP contribution in [0.25, 0.3) is 10.8 Å². The van der Waals surface area contributed by atoms with E-state index in [4.69, 9.17) is 0 Å². The fourth-order valence-electron chi connectivity index (χ4n) is 3.94. The maximum absolute atomic E-state index is 13.2. The topological polar surface area (TPSA) is 70.2 Å². The summed E-state index contributed by atoms with van der Waals surface area (Å²) in [5.74, 6) is -0.460. The Kier molecular flexibility index (Phi) is 9.02. The van der Waals surface area contributed by atoms with Crippen molar-refractivity contribution >= 4 is 22.6 Å². The summed E-state index contributed by atoms with van der Waals surface area (Å²) in [5, 5.41) is 11.3. The number of benzene rings is 3. The van der Waals surface area contributed by atoms with Crippen LogP contribution < -0.4 is 16.0 Å². The van der Waals surface area contributed by atoms with Crippen LogP contribution in [-0.2, 0) is 11.3 Å². The average molecular weight is 468 g/mol. The highest BCUT2D eigenvalue weighted by atomic mass is 16.2. The van der Waals surface area contributed by atoms with Gasteiger partial charge >= 0.3 is 0 Å². The summed E-state index contributed by atoms with van der Waals surface area (Å²) in [6.07, 6.45) is 4.61. The lowest BCUT2D eigenvalue weighted by Gasteiger charge is -2.18. The fraction of sp³-hybridized carbons (Fsp3) is 0.200. The Morgan fingerprint density at radius 2 is 1.69 bits per heavy atom. The molecule has 0 aliphatic heterocycles. The normalized spacial score (nSPS) is 12.0. The quantitative estimate of drug-likeness (QED) is 0.255. The highest BCUT2D eigenvalue weighted by Gasteiger charge is 2.16. The molecular weight excluding hydrogens is 434 g/mol. The van der Waals surface area contributed by atoms with E-state index in [0.717, 1.165) is 33.9 Å². The number of allylic oxidation sites excluding steroid dienone is 1. The molecule has 0 radical (unpaired) electrons. The molecule has 3 aromatic rings. The van der Waals surface area contributed by atoms with Gasteiger partial charge in [-0.15, -0.1) is 0 Å². The Morgan fingerprint density at radius 3 is 2.46 bits per heavy atom. The second-order valence-corrected chi connectivity index (χ2v) is 8.33. The minimum Gasteiger partial charge on any atom is -0.377 e. The van der Waals surface area contributed by atoms with Crippen LogP contribution in [0, 0.1) is 0 Å². The number of amides is 2. The van der Waals surface area contributed by atoms with E-state index in [9.17, 15) is 9.59 Å². The molecule has 1 atom stereocenters. The SMILES string of the molecule is C=C/C(=C\CC)CNC(=O)C(=C)NCc1ccccc1C(=O)NC(C)c1cccc2ccccc12. The van der Waals surface area contributed by atoms with E-state index < -0.39 is 0 Å². The molecule has 0 aliphatic carbocycles. The molecule has 0 fully saturated rings. The van der Waals surface area contributed by atoms with E-state index in [1.54, 1.807) is 12.1 Å². The van der Waals surface area contributed by atoms with E-state index in [2.05, 4.69) is 47.3 Å². The Balaban J connectivity index is 1.64. The number of nitrogens with one attached hydrogen (secondary N) is 3. The van der Waals surface area contributed by atoms with Crippen LogP contribution in [-0.4, -0.2) is 18.4 Å². The highest BCUT2D eigenvalue weighted by Crippen LogP contribution is 2.24. The Bertz CT molecular complexity index is 1250. The molecule has 3 aromatic carbocycles. The molecule has 0 bridgehead atoms. The third kappa shape index (κ3) is 6.70. The largest absolute Gasteiger partial charge is 0.377 e. The van der Waals surface area contributed by atoms with Crippen molar-refractivity contribution < 1.29 is 9.59 Å². The molecule has 2 amide bonds. The van der Waals surface area contributed by atoms with Crippen molar-refractivity contribution in [3.8, 4) is 0 Å². The van der Waals surface area contributed by atoms with E-state index in [-0.39, 0.29) is 23.6 Å². The smallest absolute Gasteiger partial charge is 0.267 e. The first-order valence-electron chi connectivity index (χ1n) is 11.8. The van der Waals surface area contributed by atoms with E-state index in [0.29, 0.717) is 18.7 Å². The first kappa shape index (κ1) is 25.5. The number of hydrogen-bond donors (Lipinski definition) is 3. The Morgan fingerprint density at radius 1 is 0.971 bits per heavy atom. The second-order valence-electron chi connectivity index (χ2n) is 8.33. The van der Waals surface area contributed by atoms with Gasteiger partial charge in [-0.1, -0.05) is 92.9 Å². The summed E-state index contributed by atoms with van der Waals surface area (Å²) in [5.41, 5.74) is 3.59. The number of rotatable bonds is 11. The zero-order chi connectivity index (χ0) is 25.2. The van der Waals surface area contributed by atoms with E-state index in [1.165, 1.54) is 0 Å². The fourth-order valence-corrected chi connectivity index (χ4v) is 3.94. The maximum Gasteiger partial charge on any atom is 0.267 e. The summed E-state index contributed by atoms with van der Waals surface area (Å²) in [7, 11) is 0. The van der Waals surface area contributed by atoms with Crippen LogP contribution in [0.3, 0.4) is 0 Å². The lowest BCUT2D eigenvalue weighted by molar-refractivity contribution is -0.117. The predicted molar refractivity (Wildman–Crippen MR) is 144 cm³/mol. The zero-order valence-corrected chi connectivity index (χ0v) is 20.4. The summed E-state index contributed by atoms with van der Waals surface area (Å²) in [4.78, 5) is 25.6. The van der Waals surface area contributed by atoms with Crippen LogP contribution in [0.5, 0.6) is 0 Å². The van der Waals surface area contributed by atoms with Gasteiger partial charge in [0.05, 0.1) is 11.7 Å². The Hall–Kier alpha value is -4.12. The second kappa shape index (κ2) is 12.4. The van der Waals surface area contributed by atoms with Gasteiger partial charge in [0.1, 0.15) is 0 Å². The van der Waals surface area contributed by atoms with Crippen LogP contribution in [0.15, 0.2) is 103 Å².